The standard InChI is InChI=1S/C25H24N4OS/c1-17-12-13-21-22(14-17)31-25(26-21)27-24(30)20-16-29(15-18-8-4-2-5-9-18)28-23(20)19-10-6-3-7-11-19/h2-11,16-17H,12-15H2,1H3,(H,26,27,30). The Kier molecular flexibility index (Phi) is 5.38. The second kappa shape index (κ2) is 8.47. The zero-order chi connectivity index (χ0) is 21.2. The number of hydrogen-bond donors (Lipinski definition) is 1. The Morgan fingerprint density at radius 3 is 2.65 bits per heavy atom. The van der Waals surface area contributed by atoms with E-state index in [1.165, 1.54) is 4.88 Å². The number of benzene rings is 2. The number of nitrogens with zero attached hydrogens (tertiary/aromatic N) is 3. The van der Waals surface area contributed by atoms with Crippen molar-refractivity contribution in [2.75, 3.05) is 5.32 Å². The van der Waals surface area contributed by atoms with Crippen molar-refractivity contribution in [3.63, 3.8) is 0 Å². The molecule has 31 heavy (non-hydrogen) atoms. The van der Waals surface area contributed by atoms with Crippen LogP contribution in [0.5, 0.6) is 0 Å². The average Bonchev–Trinajstić information content (AvgIpc) is 3.38. The molecule has 0 spiro atoms. The lowest BCUT2D eigenvalue weighted by Gasteiger charge is -2.15. The van der Waals surface area contributed by atoms with Gasteiger partial charge in [-0.1, -0.05) is 67.6 Å². The van der Waals surface area contributed by atoms with Gasteiger partial charge in [0.2, 0.25) is 0 Å². The molecule has 0 saturated heterocycles. The van der Waals surface area contributed by atoms with Crippen LogP contribution in [-0.2, 0) is 19.4 Å². The van der Waals surface area contributed by atoms with Gasteiger partial charge in [0.25, 0.3) is 5.91 Å². The first-order valence-corrected chi connectivity index (χ1v) is 11.4. The lowest BCUT2D eigenvalue weighted by atomic mass is 9.93. The van der Waals surface area contributed by atoms with Crippen LogP contribution in [0.15, 0.2) is 66.9 Å². The van der Waals surface area contributed by atoms with E-state index in [-0.39, 0.29) is 5.91 Å². The Morgan fingerprint density at radius 1 is 1.13 bits per heavy atom. The van der Waals surface area contributed by atoms with E-state index in [0.29, 0.717) is 28.9 Å². The summed E-state index contributed by atoms with van der Waals surface area (Å²) in [7, 11) is 0. The average molecular weight is 429 g/mol. The fraction of sp³-hybridized carbons (Fsp3) is 0.240. The molecule has 1 unspecified atom stereocenters. The number of rotatable bonds is 5. The highest BCUT2D eigenvalue weighted by Gasteiger charge is 2.23. The Bertz CT molecular complexity index is 1200. The van der Waals surface area contributed by atoms with Gasteiger partial charge in [-0.15, -0.1) is 11.3 Å². The molecule has 2 aromatic heterocycles. The van der Waals surface area contributed by atoms with Crippen LogP contribution in [0.2, 0.25) is 0 Å². The summed E-state index contributed by atoms with van der Waals surface area (Å²) in [6.45, 7) is 2.88. The third kappa shape index (κ3) is 4.30. The summed E-state index contributed by atoms with van der Waals surface area (Å²) in [6, 6.07) is 20.0. The van der Waals surface area contributed by atoms with Crippen molar-refractivity contribution in [1.29, 1.82) is 0 Å². The highest BCUT2D eigenvalue weighted by Crippen LogP contribution is 2.32. The third-order valence-electron chi connectivity index (χ3n) is 5.65. The summed E-state index contributed by atoms with van der Waals surface area (Å²) in [5, 5.41) is 8.46. The highest BCUT2D eigenvalue weighted by molar-refractivity contribution is 7.15. The Hall–Kier alpha value is -3.25. The van der Waals surface area contributed by atoms with Crippen LogP contribution in [0.3, 0.4) is 0 Å². The SMILES string of the molecule is CC1CCc2nc(NC(=O)c3cn(Cc4ccccc4)nc3-c3ccccc3)sc2C1. The molecule has 1 atom stereocenters. The molecule has 0 bridgehead atoms. The molecule has 156 valence electrons. The monoisotopic (exact) mass is 428 g/mol. The van der Waals surface area contributed by atoms with Crippen LogP contribution in [0, 0.1) is 5.92 Å². The molecule has 1 aliphatic carbocycles. The molecule has 5 rings (SSSR count). The Morgan fingerprint density at radius 2 is 1.87 bits per heavy atom. The molecule has 5 nitrogen and oxygen atoms in total. The fourth-order valence-electron chi connectivity index (χ4n) is 4.01. The molecule has 1 N–H and O–H groups in total. The van der Waals surface area contributed by atoms with Gasteiger partial charge >= 0.3 is 0 Å². The van der Waals surface area contributed by atoms with E-state index in [1.54, 1.807) is 11.3 Å². The second-order valence-electron chi connectivity index (χ2n) is 8.13. The molecule has 0 radical (unpaired) electrons. The van der Waals surface area contributed by atoms with E-state index in [4.69, 9.17) is 5.10 Å². The van der Waals surface area contributed by atoms with Gasteiger partial charge in [0.05, 0.1) is 17.8 Å². The third-order valence-corrected chi connectivity index (χ3v) is 6.68. The van der Waals surface area contributed by atoms with Crippen LogP contribution in [-0.4, -0.2) is 20.7 Å². The van der Waals surface area contributed by atoms with Crippen LogP contribution < -0.4 is 5.32 Å². The molecule has 0 aliphatic heterocycles. The zero-order valence-electron chi connectivity index (χ0n) is 17.4. The number of nitrogens with one attached hydrogen (secondary N) is 1. The minimum Gasteiger partial charge on any atom is -0.298 e. The van der Waals surface area contributed by atoms with Crippen molar-refractivity contribution < 1.29 is 4.79 Å². The summed E-state index contributed by atoms with van der Waals surface area (Å²) in [6.07, 6.45) is 5.04. The van der Waals surface area contributed by atoms with Crippen molar-refractivity contribution in [3.8, 4) is 11.3 Å². The molecule has 1 aliphatic rings. The first-order valence-electron chi connectivity index (χ1n) is 10.6. The number of carbonyl (C=O) groups is 1. The second-order valence-corrected chi connectivity index (χ2v) is 9.22. The van der Waals surface area contributed by atoms with E-state index in [0.717, 1.165) is 36.1 Å². The zero-order valence-corrected chi connectivity index (χ0v) is 18.2. The summed E-state index contributed by atoms with van der Waals surface area (Å²) in [5.41, 5.74) is 4.44. The van der Waals surface area contributed by atoms with Gasteiger partial charge in [-0.3, -0.25) is 14.8 Å². The molecule has 0 saturated carbocycles. The number of hydrogen-bond acceptors (Lipinski definition) is 4. The van der Waals surface area contributed by atoms with Crippen LogP contribution in [0.1, 0.15) is 39.8 Å². The van der Waals surface area contributed by atoms with E-state index in [9.17, 15) is 4.79 Å². The van der Waals surface area contributed by atoms with Gasteiger partial charge in [0, 0.05) is 16.6 Å². The molecule has 1 amide bonds. The van der Waals surface area contributed by atoms with Gasteiger partial charge < -0.3 is 0 Å². The smallest absolute Gasteiger partial charge is 0.261 e. The summed E-state index contributed by atoms with van der Waals surface area (Å²) in [4.78, 5) is 19.2. The van der Waals surface area contributed by atoms with Crippen molar-refractivity contribution in [2.24, 2.45) is 5.92 Å². The normalized spacial score (nSPS) is 15.5. The fourth-order valence-corrected chi connectivity index (χ4v) is 5.17. The molecule has 2 heterocycles. The minimum atomic E-state index is -0.169. The first-order chi connectivity index (χ1) is 15.2. The predicted molar refractivity (Wildman–Crippen MR) is 124 cm³/mol. The maximum Gasteiger partial charge on any atom is 0.261 e. The van der Waals surface area contributed by atoms with E-state index < -0.39 is 0 Å². The van der Waals surface area contributed by atoms with Crippen molar-refractivity contribution in [1.82, 2.24) is 14.8 Å². The topological polar surface area (TPSA) is 59.8 Å². The van der Waals surface area contributed by atoms with Gasteiger partial charge in [-0.05, 0) is 30.7 Å². The van der Waals surface area contributed by atoms with Gasteiger partial charge in [-0.2, -0.15) is 5.10 Å². The number of thiazole rings is 1. The van der Waals surface area contributed by atoms with Gasteiger partial charge in [0.15, 0.2) is 5.13 Å². The lowest BCUT2D eigenvalue weighted by Crippen LogP contribution is -2.12. The molecule has 4 aromatic rings. The van der Waals surface area contributed by atoms with Gasteiger partial charge in [0.1, 0.15) is 5.69 Å². The van der Waals surface area contributed by atoms with Gasteiger partial charge in [-0.25, -0.2) is 4.98 Å². The number of aromatic nitrogens is 3. The summed E-state index contributed by atoms with van der Waals surface area (Å²) in [5.74, 6) is 0.509. The van der Waals surface area contributed by atoms with Crippen LogP contribution in [0.4, 0.5) is 5.13 Å². The lowest BCUT2D eigenvalue weighted by molar-refractivity contribution is 0.102. The molecule has 0 fully saturated rings. The number of fused-ring (bicyclic) bond motifs is 1. The Balaban J connectivity index is 1.44. The quantitative estimate of drug-likeness (QED) is 0.461. The largest absolute Gasteiger partial charge is 0.298 e. The predicted octanol–water partition coefficient (Wildman–Crippen LogP) is 5.43. The minimum absolute atomic E-state index is 0.169. The molecular weight excluding hydrogens is 404 g/mol. The number of carbonyl (C=O) groups excluding carboxylic acids is 1. The molecule has 2 aromatic carbocycles. The van der Waals surface area contributed by atoms with E-state index in [2.05, 4.69) is 29.4 Å². The van der Waals surface area contributed by atoms with Crippen molar-refractivity contribution >= 4 is 22.4 Å². The summed E-state index contributed by atoms with van der Waals surface area (Å²) >= 11 is 1.60. The van der Waals surface area contributed by atoms with E-state index in [1.807, 2.05) is 59.4 Å². The highest BCUT2D eigenvalue weighted by atomic mass is 32.1. The van der Waals surface area contributed by atoms with Crippen LogP contribution >= 0.6 is 11.3 Å². The maximum atomic E-state index is 13.3. The Labute approximate surface area is 185 Å². The van der Waals surface area contributed by atoms with Crippen LogP contribution in [0.25, 0.3) is 11.3 Å². The number of aryl methyl sites for hydroxylation is 1. The van der Waals surface area contributed by atoms with Crippen molar-refractivity contribution in [2.45, 2.75) is 32.7 Å². The number of anilines is 1. The number of amides is 1. The van der Waals surface area contributed by atoms with E-state index >= 15 is 0 Å². The molecule has 6 heteroatoms. The molecular formula is C25H24N4OS. The maximum absolute atomic E-state index is 13.3. The summed E-state index contributed by atoms with van der Waals surface area (Å²) < 4.78 is 1.83. The first kappa shape index (κ1) is 19.7. The van der Waals surface area contributed by atoms with Crippen molar-refractivity contribution in [3.05, 3.63) is 88.6 Å².